The van der Waals surface area contributed by atoms with E-state index in [1.165, 1.54) is 0 Å². The van der Waals surface area contributed by atoms with Gasteiger partial charge in [0.1, 0.15) is 11.8 Å². The number of carbonyl (C=O) groups is 2. The van der Waals surface area contributed by atoms with Crippen LogP contribution < -0.4 is 10.1 Å². The maximum atomic E-state index is 11.9. The topological polar surface area (TPSA) is 88.4 Å². The number of ether oxygens (including phenoxy) is 2. The predicted molar refractivity (Wildman–Crippen MR) is 101 cm³/mol. The number of esters is 1. The summed E-state index contributed by atoms with van der Waals surface area (Å²) >= 11 is 11.8. The predicted octanol–water partition coefficient (Wildman–Crippen LogP) is 3.66. The van der Waals surface area contributed by atoms with Crippen molar-refractivity contribution in [1.82, 2.24) is 5.32 Å². The molecular weight excluding hydrogens is 391 g/mol. The van der Waals surface area contributed by atoms with Crippen molar-refractivity contribution in [3.8, 4) is 11.8 Å². The Bertz CT molecular complexity index is 880. The van der Waals surface area contributed by atoms with E-state index in [0.29, 0.717) is 15.6 Å². The summed E-state index contributed by atoms with van der Waals surface area (Å²) in [6.45, 7) is 0.906. The molecule has 0 radical (unpaired) electrons. The second-order valence-corrected chi connectivity index (χ2v) is 6.33. The van der Waals surface area contributed by atoms with Crippen LogP contribution >= 0.6 is 23.2 Å². The van der Waals surface area contributed by atoms with E-state index >= 15 is 0 Å². The molecule has 8 heteroatoms. The van der Waals surface area contributed by atoms with Crippen LogP contribution in [0.1, 0.15) is 24.1 Å². The molecule has 1 amide bonds. The van der Waals surface area contributed by atoms with E-state index in [1.807, 2.05) is 6.07 Å². The smallest absolute Gasteiger partial charge is 0.344 e. The lowest BCUT2D eigenvalue weighted by Gasteiger charge is -2.15. The van der Waals surface area contributed by atoms with Gasteiger partial charge < -0.3 is 14.8 Å². The lowest BCUT2D eigenvalue weighted by Crippen LogP contribution is -2.32. The molecule has 2 aromatic rings. The molecule has 0 fully saturated rings. The molecule has 0 bridgehead atoms. The van der Waals surface area contributed by atoms with Gasteiger partial charge in [-0.2, -0.15) is 5.26 Å². The highest BCUT2D eigenvalue weighted by molar-refractivity contribution is 6.42. The molecule has 2 rings (SSSR count). The Hall–Kier alpha value is -2.75. The Morgan fingerprint density at radius 1 is 1.15 bits per heavy atom. The molecule has 1 N–H and O–H groups in total. The number of amides is 1. The van der Waals surface area contributed by atoms with Crippen molar-refractivity contribution in [3.63, 3.8) is 0 Å². The zero-order valence-electron chi connectivity index (χ0n) is 14.4. The fourth-order valence-corrected chi connectivity index (χ4v) is 2.46. The first kappa shape index (κ1) is 20.6. The van der Waals surface area contributed by atoms with Crippen molar-refractivity contribution in [2.45, 2.75) is 13.0 Å². The van der Waals surface area contributed by atoms with E-state index in [2.05, 4.69) is 5.32 Å². The zero-order valence-corrected chi connectivity index (χ0v) is 15.9. The zero-order chi connectivity index (χ0) is 19.8. The molecule has 0 aromatic heterocycles. The van der Waals surface area contributed by atoms with E-state index in [0.717, 1.165) is 5.56 Å². The Labute approximate surface area is 166 Å². The minimum atomic E-state index is -0.722. The van der Waals surface area contributed by atoms with Crippen LogP contribution in [0.5, 0.6) is 5.75 Å². The van der Waals surface area contributed by atoms with Crippen LogP contribution in [0.3, 0.4) is 0 Å². The van der Waals surface area contributed by atoms with Crippen molar-refractivity contribution < 1.29 is 19.1 Å². The maximum absolute atomic E-state index is 11.9. The molecule has 27 heavy (non-hydrogen) atoms. The third-order valence-corrected chi connectivity index (χ3v) is 4.28. The van der Waals surface area contributed by atoms with Gasteiger partial charge in [0, 0.05) is 0 Å². The first-order valence-corrected chi connectivity index (χ1v) is 8.68. The van der Waals surface area contributed by atoms with Crippen molar-refractivity contribution in [2.24, 2.45) is 0 Å². The third kappa shape index (κ3) is 6.17. The summed E-state index contributed by atoms with van der Waals surface area (Å²) in [5.74, 6) is -0.922. The molecule has 0 aliphatic heterocycles. The number of hydrogen-bond acceptors (Lipinski definition) is 5. The van der Waals surface area contributed by atoms with Crippen molar-refractivity contribution in [2.75, 3.05) is 13.2 Å². The van der Waals surface area contributed by atoms with Crippen molar-refractivity contribution in [3.05, 3.63) is 63.6 Å². The van der Waals surface area contributed by atoms with Crippen LogP contribution in [0.4, 0.5) is 0 Å². The van der Waals surface area contributed by atoms with Gasteiger partial charge in [0.2, 0.25) is 0 Å². The highest BCUT2D eigenvalue weighted by Gasteiger charge is 2.14. The first-order chi connectivity index (χ1) is 12.9. The third-order valence-electron chi connectivity index (χ3n) is 3.54. The number of nitrogens with one attached hydrogen (secondary N) is 1. The SMILES string of the molecule is C[C@H](NC(=O)COC(=O)COc1ccccc1C#N)c1ccc(Cl)c(Cl)c1. The maximum Gasteiger partial charge on any atom is 0.344 e. The summed E-state index contributed by atoms with van der Waals surface area (Å²) in [5, 5.41) is 12.5. The minimum Gasteiger partial charge on any atom is -0.481 e. The quantitative estimate of drug-likeness (QED) is 0.708. The Balaban J connectivity index is 1.78. The largest absolute Gasteiger partial charge is 0.481 e. The number of para-hydroxylation sites is 1. The molecule has 0 saturated carbocycles. The first-order valence-electron chi connectivity index (χ1n) is 7.92. The molecule has 0 aliphatic rings. The minimum absolute atomic E-state index is 0.273. The second-order valence-electron chi connectivity index (χ2n) is 5.52. The second kappa shape index (κ2) is 9.81. The van der Waals surface area contributed by atoms with Crippen molar-refractivity contribution >= 4 is 35.1 Å². The average molecular weight is 407 g/mol. The van der Waals surface area contributed by atoms with Crippen LogP contribution in [-0.2, 0) is 14.3 Å². The molecule has 0 saturated heterocycles. The summed E-state index contributed by atoms with van der Waals surface area (Å²) in [5.41, 5.74) is 1.07. The van der Waals surface area contributed by atoms with E-state index in [4.69, 9.17) is 37.9 Å². The van der Waals surface area contributed by atoms with E-state index < -0.39 is 25.1 Å². The number of benzene rings is 2. The Kier molecular flexibility index (Phi) is 7.47. The number of nitrogens with zero attached hydrogens (tertiary/aromatic N) is 1. The molecule has 6 nitrogen and oxygen atoms in total. The van der Waals surface area contributed by atoms with Gasteiger partial charge in [0.25, 0.3) is 5.91 Å². The molecule has 1 atom stereocenters. The van der Waals surface area contributed by atoms with E-state index in [-0.39, 0.29) is 11.8 Å². The standard InChI is InChI=1S/C19H16Cl2N2O4/c1-12(13-6-7-15(20)16(21)8-13)23-18(24)10-27-19(25)11-26-17-5-3-2-4-14(17)9-22/h2-8,12H,10-11H2,1H3,(H,23,24)/t12-/m0/s1. The van der Waals surface area contributed by atoms with Gasteiger partial charge >= 0.3 is 5.97 Å². The number of nitriles is 1. The summed E-state index contributed by atoms with van der Waals surface area (Å²) in [6, 6.07) is 13.1. The molecular formula is C19H16Cl2N2O4. The number of halogens is 2. The van der Waals surface area contributed by atoms with Gasteiger partial charge in [-0.1, -0.05) is 41.4 Å². The Morgan fingerprint density at radius 3 is 2.59 bits per heavy atom. The highest BCUT2D eigenvalue weighted by Crippen LogP contribution is 2.25. The summed E-state index contributed by atoms with van der Waals surface area (Å²) in [7, 11) is 0. The normalized spacial score (nSPS) is 11.2. The summed E-state index contributed by atoms with van der Waals surface area (Å²) in [4.78, 5) is 23.6. The Morgan fingerprint density at radius 2 is 1.89 bits per heavy atom. The molecule has 2 aromatic carbocycles. The number of hydrogen-bond donors (Lipinski definition) is 1. The molecule has 0 aliphatic carbocycles. The van der Waals surface area contributed by atoms with Crippen LogP contribution in [0.15, 0.2) is 42.5 Å². The van der Waals surface area contributed by atoms with E-state index in [1.54, 1.807) is 49.4 Å². The molecule has 140 valence electrons. The van der Waals surface area contributed by atoms with Crippen LogP contribution in [0.25, 0.3) is 0 Å². The van der Waals surface area contributed by atoms with Crippen LogP contribution in [0.2, 0.25) is 10.0 Å². The lowest BCUT2D eigenvalue weighted by molar-refractivity contribution is -0.150. The van der Waals surface area contributed by atoms with Gasteiger partial charge in [0.15, 0.2) is 13.2 Å². The monoisotopic (exact) mass is 406 g/mol. The van der Waals surface area contributed by atoms with E-state index in [9.17, 15) is 9.59 Å². The van der Waals surface area contributed by atoms with Crippen LogP contribution in [0, 0.1) is 11.3 Å². The lowest BCUT2D eigenvalue weighted by atomic mass is 10.1. The average Bonchev–Trinajstić information content (AvgIpc) is 2.66. The van der Waals surface area contributed by atoms with Gasteiger partial charge in [-0.15, -0.1) is 0 Å². The number of carbonyl (C=O) groups excluding carboxylic acids is 2. The molecule has 0 unspecified atom stereocenters. The van der Waals surface area contributed by atoms with Crippen molar-refractivity contribution in [1.29, 1.82) is 5.26 Å². The van der Waals surface area contributed by atoms with Gasteiger partial charge in [-0.3, -0.25) is 4.79 Å². The fourth-order valence-electron chi connectivity index (χ4n) is 2.16. The summed E-state index contributed by atoms with van der Waals surface area (Å²) in [6.07, 6.45) is 0. The highest BCUT2D eigenvalue weighted by atomic mass is 35.5. The van der Waals surface area contributed by atoms with Crippen LogP contribution in [-0.4, -0.2) is 25.1 Å². The summed E-state index contributed by atoms with van der Waals surface area (Å²) < 4.78 is 10.1. The van der Waals surface area contributed by atoms with Gasteiger partial charge in [0.05, 0.1) is 21.7 Å². The molecule has 0 spiro atoms. The molecule has 0 heterocycles. The number of rotatable bonds is 7. The van der Waals surface area contributed by atoms with Gasteiger partial charge in [-0.25, -0.2) is 4.79 Å². The van der Waals surface area contributed by atoms with Gasteiger partial charge in [-0.05, 0) is 36.8 Å². The fraction of sp³-hybridized carbons (Fsp3) is 0.211.